The zero-order valence-corrected chi connectivity index (χ0v) is 19.4. The summed E-state index contributed by atoms with van der Waals surface area (Å²) < 4.78 is 5.66. The highest BCUT2D eigenvalue weighted by Crippen LogP contribution is 2.33. The number of imide groups is 2. The molecule has 9 heteroatoms. The van der Waals surface area contributed by atoms with Gasteiger partial charge in [0.1, 0.15) is 0 Å². The normalized spacial score (nSPS) is 15.2. The molecule has 0 radical (unpaired) electrons. The molecule has 0 fully saturated rings. The van der Waals surface area contributed by atoms with Crippen LogP contribution in [-0.2, 0) is 4.74 Å². The van der Waals surface area contributed by atoms with Crippen LogP contribution in [0.4, 0.5) is 5.95 Å². The number of aromatic nitrogens is 2. The fourth-order valence-corrected chi connectivity index (χ4v) is 4.44. The smallest absolute Gasteiger partial charge is 0.268 e. The molecule has 0 unspecified atom stereocenters. The van der Waals surface area contributed by atoms with E-state index in [2.05, 4.69) is 9.97 Å². The minimum Gasteiger partial charge on any atom is -0.374 e. The van der Waals surface area contributed by atoms with Crippen molar-refractivity contribution in [2.45, 2.75) is 26.4 Å². The third-order valence-corrected chi connectivity index (χ3v) is 6.02. The lowest BCUT2D eigenvalue weighted by Gasteiger charge is -2.28. The average molecular weight is 470 g/mol. The van der Waals surface area contributed by atoms with Crippen LogP contribution in [0.1, 0.15) is 62.2 Å². The molecular formula is C26H22N4O5. The highest BCUT2D eigenvalue weighted by atomic mass is 16.5. The maximum absolute atomic E-state index is 13.1. The molecule has 0 atom stereocenters. The van der Waals surface area contributed by atoms with E-state index in [1.165, 1.54) is 17.3 Å². The van der Waals surface area contributed by atoms with E-state index in [4.69, 9.17) is 4.74 Å². The van der Waals surface area contributed by atoms with Crippen LogP contribution in [0.5, 0.6) is 0 Å². The molecule has 0 aliphatic carbocycles. The molecule has 0 spiro atoms. The second-order valence-electron chi connectivity index (χ2n) is 8.90. The zero-order chi connectivity index (χ0) is 24.9. The summed E-state index contributed by atoms with van der Waals surface area (Å²) in [7, 11) is 0. The molecule has 2 aliphatic rings. The lowest BCUT2D eigenvalue weighted by molar-refractivity contribution is -0.0262. The van der Waals surface area contributed by atoms with Crippen LogP contribution in [0.2, 0.25) is 0 Å². The van der Waals surface area contributed by atoms with Gasteiger partial charge >= 0.3 is 0 Å². The Morgan fingerprint density at radius 2 is 1.29 bits per heavy atom. The topological polar surface area (TPSA) is 110 Å². The third-order valence-electron chi connectivity index (χ3n) is 6.02. The Morgan fingerprint density at radius 3 is 1.89 bits per heavy atom. The van der Waals surface area contributed by atoms with Gasteiger partial charge in [-0.05, 0) is 62.2 Å². The van der Waals surface area contributed by atoms with E-state index in [-0.39, 0.29) is 35.4 Å². The molecule has 5 rings (SSSR count). The first kappa shape index (κ1) is 22.5. The second-order valence-corrected chi connectivity index (χ2v) is 8.90. The van der Waals surface area contributed by atoms with Gasteiger partial charge in [-0.2, -0.15) is 0 Å². The number of ether oxygens (including phenoxy) is 1. The van der Waals surface area contributed by atoms with Gasteiger partial charge in [0.15, 0.2) is 0 Å². The number of hydrogen-bond donors (Lipinski definition) is 0. The first-order chi connectivity index (χ1) is 16.7. The lowest BCUT2D eigenvalue weighted by Crippen LogP contribution is -2.43. The summed E-state index contributed by atoms with van der Waals surface area (Å²) in [6.07, 6.45) is 2.91. The van der Waals surface area contributed by atoms with Gasteiger partial charge in [-0.25, -0.2) is 14.9 Å². The monoisotopic (exact) mass is 470 g/mol. The Kier molecular flexibility index (Phi) is 5.29. The fraction of sp³-hybridized carbons (Fsp3) is 0.231. The molecule has 0 N–H and O–H groups in total. The van der Waals surface area contributed by atoms with Gasteiger partial charge in [0.25, 0.3) is 23.6 Å². The Balaban J connectivity index is 1.46. The number of carbonyl (C=O) groups excluding carboxylic acids is 4. The second kappa shape index (κ2) is 8.21. The molecule has 2 aromatic carbocycles. The summed E-state index contributed by atoms with van der Waals surface area (Å²) in [5.41, 5.74) is 1.70. The highest BCUT2D eigenvalue weighted by Gasteiger charge is 2.40. The van der Waals surface area contributed by atoms with E-state index in [9.17, 15) is 19.2 Å². The number of benzene rings is 2. The van der Waals surface area contributed by atoms with E-state index in [1.807, 2.05) is 20.8 Å². The molecule has 176 valence electrons. The summed E-state index contributed by atoms with van der Waals surface area (Å²) >= 11 is 0. The Morgan fingerprint density at radius 1 is 0.771 bits per heavy atom. The standard InChI is InChI=1S/C26H22N4O5/c1-4-35-26(2,3)14-29-21(31)17-8-6-15(12-19(17)22(29)32)16-7-9-18-20(13-16)24(34)30(23(18)33)25-27-10-5-11-28-25/h5-13H,4,14H2,1-3H3. The highest BCUT2D eigenvalue weighted by molar-refractivity contribution is 6.34. The van der Waals surface area contributed by atoms with Crippen LogP contribution in [0, 0.1) is 0 Å². The number of amides is 4. The largest absolute Gasteiger partial charge is 0.374 e. The number of anilines is 1. The van der Waals surface area contributed by atoms with E-state index >= 15 is 0 Å². The van der Waals surface area contributed by atoms with Crippen molar-refractivity contribution in [2.24, 2.45) is 0 Å². The maximum atomic E-state index is 13.1. The van der Waals surface area contributed by atoms with Gasteiger partial charge < -0.3 is 4.74 Å². The van der Waals surface area contributed by atoms with E-state index in [0.29, 0.717) is 28.9 Å². The molecule has 1 aromatic heterocycles. The SMILES string of the molecule is CCOC(C)(C)CN1C(=O)c2ccc(-c3ccc4c(c3)C(=O)N(c3ncccn3)C4=O)cc2C1=O. The summed E-state index contributed by atoms with van der Waals surface area (Å²) in [4.78, 5) is 62.0. The summed E-state index contributed by atoms with van der Waals surface area (Å²) in [6, 6.07) is 11.5. The fourth-order valence-electron chi connectivity index (χ4n) is 4.44. The van der Waals surface area contributed by atoms with Crippen LogP contribution in [0.15, 0.2) is 54.9 Å². The first-order valence-corrected chi connectivity index (χ1v) is 11.2. The quantitative estimate of drug-likeness (QED) is 0.508. The maximum Gasteiger partial charge on any atom is 0.268 e. The van der Waals surface area contributed by atoms with E-state index in [0.717, 1.165) is 4.90 Å². The van der Waals surface area contributed by atoms with E-state index in [1.54, 1.807) is 42.5 Å². The summed E-state index contributed by atoms with van der Waals surface area (Å²) in [5.74, 6) is -1.76. The predicted molar refractivity (Wildman–Crippen MR) is 126 cm³/mol. The van der Waals surface area contributed by atoms with Crippen LogP contribution in [0.3, 0.4) is 0 Å². The number of carbonyl (C=O) groups is 4. The molecule has 0 saturated carbocycles. The summed E-state index contributed by atoms with van der Waals surface area (Å²) in [6.45, 7) is 6.12. The molecular weight excluding hydrogens is 448 g/mol. The molecule has 3 aromatic rings. The van der Waals surface area contributed by atoms with Gasteiger partial charge in [-0.1, -0.05) is 12.1 Å². The van der Waals surface area contributed by atoms with Gasteiger partial charge in [0, 0.05) is 19.0 Å². The van der Waals surface area contributed by atoms with Crippen molar-refractivity contribution in [3.05, 3.63) is 77.1 Å². The predicted octanol–water partition coefficient (Wildman–Crippen LogP) is 3.36. The minimum absolute atomic E-state index is 0.0111. The lowest BCUT2D eigenvalue weighted by atomic mass is 9.97. The number of hydrogen-bond acceptors (Lipinski definition) is 7. The van der Waals surface area contributed by atoms with Crippen LogP contribution in [-0.4, -0.2) is 57.2 Å². The summed E-state index contributed by atoms with van der Waals surface area (Å²) in [5, 5.41) is 0. The Hall–Kier alpha value is -4.24. The van der Waals surface area contributed by atoms with Gasteiger partial charge in [-0.3, -0.25) is 24.1 Å². The Bertz CT molecular complexity index is 1400. The van der Waals surface area contributed by atoms with Gasteiger partial charge in [0.05, 0.1) is 34.4 Å². The van der Waals surface area contributed by atoms with Crippen LogP contribution >= 0.6 is 0 Å². The van der Waals surface area contributed by atoms with Crippen molar-refractivity contribution in [3.63, 3.8) is 0 Å². The molecule has 9 nitrogen and oxygen atoms in total. The molecule has 0 saturated heterocycles. The van der Waals surface area contributed by atoms with Gasteiger partial charge in [0.2, 0.25) is 5.95 Å². The molecule has 0 bridgehead atoms. The van der Waals surface area contributed by atoms with Crippen molar-refractivity contribution >= 4 is 29.6 Å². The Labute approximate surface area is 201 Å². The molecule has 3 heterocycles. The van der Waals surface area contributed by atoms with Crippen molar-refractivity contribution in [1.29, 1.82) is 0 Å². The minimum atomic E-state index is -0.674. The number of fused-ring (bicyclic) bond motifs is 2. The number of rotatable bonds is 6. The van der Waals surface area contributed by atoms with E-state index < -0.39 is 17.4 Å². The third kappa shape index (κ3) is 3.70. The molecule has 4 amide bonds. The first-order valence-electron chi connectivity index (χ1n) is 11.2. The van der Waals surface area contributed by atoms with Crippen molar-refractivity contribution in [1.82, 2.24) is 14.9 Å². The van der Waals surface area contributed by atoms with Crippen LogP contribution < -0.4 is 4.90 Å². The molecule has 35 heavy (non-hydrogen) atoms. The van der Waals surface area contributed by atoms with Crippen molar-refractivity contribution in [3.8, 4) is 11.1 Å². The number of nitrogens with zero attached hydrogens (tertiary/aromatic N) is 4. The average Bonchev–Trinajstić information content (AvgIpc) is 3.23. The van der Waals surface area contributed by atoms with Gasteiger partial charge in [-0.15, -0.1) is 0 Å². The van der Waals surface area contributed by atoms with Crippen LogP contribution in [0.25, 0.3) is 11.1 Å². The molecule has 2 aliphatic heterocycles. The van der Waals surface area contributed by atoms with Crippen molar-refractivity contribution in [2.75, 3.05) is 18.1 Å². The zero-order valence-electron chi connectivity index (χ0n) is 19.4. The van der Waals surface area contributed by atoms with Crippen molar-refractivity contribution < 1.29 is 23.9 Å².